The van der Waals surface area contributed by atoms with Crippen molar-refractivity contribution in [2.75, 3.05) is 39.3 Å². The van der Waals surface area contributed by atoms with E-state index in [0.29, 0.717) is 16.6 Å². The lowest BCUT2D eigenvalue weighted by Crippen LogP contribution is -2.49. The van der Waals surface area contributed by atoms with Gasteiger partial charge in [0.05, 0.1) is 10.6 Å². The molecule has 6 heteroatoms. The summed E-state index contributed by atoms with van der Waals surface area (Å²) in [4.78, 5) is 17.6. The Balaban J connectivity index is 0.00000210. The van der Waals surface area contributed by atoms with Gasteiger partial charge in [-0.05, 0) is 29.7 Å². The summed E-state index contributed by atoms with van der Waals surface area (Å²) in [5.41, 5.74) is 2.73. The van der Waals surface area contributed by atoms with Crippen molar-refractivity contribution >= 4 is 29.9 Å². The van der Waals surface area contributed by atoms with Gasteiger partial charge in [-0.25, -0.2) is 0 Å². The van der Waals surface area contributed by atoms with E-state index < -0.39 is 0 Å². The van der Waals surface area contributed by atoms with Gasteiger partial charge >= 0.3 is 0 Å². The molecule has 4 nitrogen and oxygen atoms in total. The number of likely N-dealkylation sites (tertiary alicyclic amines) is 1. The number of nitrogens with zero attached hydrogens (tertiary/aromatic N) is 2. The molecule has 1 unspecified atom stereocenters. The number of piperazine rings is 1. The molecule has 0 spiro atoms. The Bertz CT molecular complexity index is 778. The van der Waals surface area contributed by atoms with E-state index in [1.165, 1.54) is 0 Å². The summed E-state index contributed by atoms with van der Waals surface area (Å²) in [5, 5.41) is 3.92. The van der Waals surface area contributed by atoms with Gasteiger partial charge in [-0.3, -0.25) is 9.69 Å². The third-order valence-electron chi connectivity index (χ3n) is 5.42. The fourth-order valence-electron chi connectivity index (χ4n) is 3.94. The van der Waals surface area contributed by atoms with Crippen LogP contribution in [-0.4, -0.2) is 61.0 Å². The first kappa shape index (κ1) is 20.2. The van der Waals surface area contributed by atoms with Crippen LogP contribution < -0.4 is 5.32 Å². The van der Waals surface area contributed by atoms with Crippen LogP contribution in [0.2, 0.25) is 5.02 Å². The fourth-order valence-corrected chi connectivity index (χ4v) is 4.14. The smallest absolute Gasteiger partial charge is 0.255 e. The predicted molar refractivity (Wildman–Crippen MR) is 113 cm³/mol. The Morgan fingerprint density at radius 2 is 1.74 bits per heavy atom. The van der Waals surface area contributed by atoms with Crippen molar-refractivity contribution in [3.05, 3.63) is 59.1 Å². The van der Waals surface area contributed by atoms with Crippen LogP contribution in [-0.2, 0) is 0 Å². The highest BCUT2D eigenvalue weighted by molar-refractivity contribution is 6.34. The molecule has 2 aromatic rings. The van der Waals surface area contributed by atoms with E-state index in [0.717, 1.165) is 56.8 Å². The lowest BCUT2D eigenvalue weighted by atomic mass is 10.0. The van der Waals surface area contributed by atoms with Gasteiger partial charge in [0, 0.05) is 45.3 Å². The van der Waals surface area contributed by atoms with Crippen LogP contribution in [0.5, 0.6) is 0 Å². The van der Waals surface area contributed by atoms with E-state index in [2.05, 4.69) is 10.2 Å². The van der Waals surface area contributed by atoms with Crippen molar-refractivity contribution in [2.45, 2.75) is 12.5 Å². The van der Waals surface area contributed by atoms with E-state index in [1.807, 2.05) is 53.4 Å². The molecule has 1 amide bonds. The summed E-state index contributed by atoms with van der Waals surface area (Å²) in [7, 11) is 0. The maximum absolute atomic E-state index is 13.1. The van der Waals surface area contributed by atoms with Gasteiger partial charge in [-0.1, -0.05) is 48.0 Å². The number of rotatable bonds is 3. The molecule has 0 bridgehead atoms. The van der Waals surface area contributed by atoms with E-state index in [4.69, 9.17) is 11.6 Å². The van der Waals surface area contributed by atoms with E-state index >= 15 is 0 Å². The summed E-state index contributed by atoms with van der Waals surface area (Å²) in [6.45, 7) is 5.81. The largest absolute Gasteiger partial charge is 0.337 e. The van der Waals surface area contributed by atoms with Gasteiger partial charge < -0.3 is 10.2 Å². The molecule has 2 aliphatic rings. The van der Waals surface area contributed by atoms with Gasteiger partial charge in [0.1, 0.15) is 0 Å². The van der Waals surface area contributed by atoms with Crippen LogP contribution in [0.3, 0.4) is 0 Å². The summed E-state index contributed by atoms with van der Waals surface area (Å²) in [6.07, 6.45) is 1.04. The number of benzene rings is 2. The van der Waals surface area contributed by atoms with Crippen molar-refractivity contribution in [2.24, 2.45) is 0 Å². The number of carbonyl (C=O) groups excluding carboxylic acids is 1. The van der Waals surface area contributed by atoms with Gasteiger partial charge in [-0.2, -0.15) is 0 Å². The zero-order valence-corrected chi connectivity index (χ0v) is 16.8. The summed E-state index contributed by atoms with van der Waals surface area (Å²) in [5.74, 6) is 0.0467. The first-order valence-electron chi connectivity index (χ1n) is 9.31. The van der Waals surface area contributed by atoms with E-state index in [9.17, 15) is 4.79 Å². The number of hydrogen-bond acceptors (Lipinski definition) is 3. The molecule has 2 aliphatic heterocycles. The molecule has 2 heterocycles. The Hall–Kier alpha value is -1.59. The number of halogens is 2. The van der Waals surface area contributed by atoms with Gasteiger partial charge in [0.2, 0.25) is 0 Å². The zero-order valence-electron chi connectivity index (χ0n) is 15.2. The fraction of sp³-hybridized carbons (Fsp3) is 0.381. The van der Waals surface area contributed by atoms with Crippen LogP contribution in [0.4, 0.5) is 0 Å². The molecule has 0 saturated carbocycles. The highest BCUT2D eigenvalue weighted by Crippen LogP contribution is 2.27. The third-order valence-corrected chi connectivity index (χ3v) is 5.75. The number of amides is 1. The standard InChI is InChI=1S/C21H24ClN3O.ClH/c22-20-7-6-17(16-4-2-1-3-5-16)14-19(20)21(26)25-11-8-18(15-25)24-12-9-23-10-13-24;/h1-7,14,18,23H,8-13,15H2;1H. The first-order chi connectivity index (χ1) is 12.7. The molecule has 1 atom stereocenters. The summed E-state index contributed by atoms with van der Waals surface area (Å²) < 4.78 is 0. The Morgan fingerprint density at radius 1 is 1.00 bits per heavy atom. The average molecular weight is 406 g/mol. The normalized spacial score (nSPS) is 20.3. The second kappa shape index (κ2) is 9.07. The van der Waals surface area contributed by atoms with Crippen molar-refractivity contribution < 1.29 is 4.79 Å². The molecule has 0 aromatic heterocycles. The molecule has 0 aliphatic carbocycles. The summed E-state index contributed by atoms with van der Waals surface area (Å²) in [6, 6.07) is 16.3. The number of carbonyl (C=O) groups is 1. The third kappa shape index (κ3) is 4.46. The average Bonchev–Trinajstić information content (AvgIpc) is 3.19. The molecule has 27 heavy (non-hydrogen) atoms. The maximum Gasteiger partial charge on any atom is 0.255 e. The quantitative estimate of drug-likeness (QED) is 0.847. The van der Waals surface area contributed by atoms with Crippen LogP contribution in [0.1, 0.15) is 16.8 Å². The predicted octanol–water partition coefficient (Wildman–Crippen LogP) is 3.55. The van der Waals surface area contributed by atoms with E-state index in [1.54, 1.807) is 0 Å². The highest BCUT2D eigenvalue weighted by Gasteiger charge is 2.32. The van der Waals surface area contributed by atoms with Gasteiger partial charge in [-0.15, -0.1) is 12.4 Å². The molecular weight excluding hydrogens is 381 g/mol. The molecule has 2 aromatic carbocycles. The van der Waals surface area contributed by atoms with Crippen LogP contribution in [0.15, 0.2) is 48.5 Å². The molecule has 2 saturated heterocycles. The second-order valence-corrected chi connectivity index (χ2v) is 7.45. The van der Waals surface area contributed by atoms with E-state index in [-0.39, 0.29) is 18.3 Å². The molecule has 144 valence electrons. The summed E-state index contributed by atoms with van der Waals surface area (Å²) >= 11 is 6.38. The molecular formula is C21H25Cl2N3O. The Labute approximate surface area is 171 Å². The lowest BCUT2D eigenvalue weighted by molar-refractivity contribution is 0.0773. The molecule has 0 radical (unpaired) electrons. The highest BCUT2D eigenvalue weighted by atomic mass is 35.5. The SMILES string of the molecule is Cl.O=C(c1cc(-c2ccccc2)ccc1Cl)N1CCC(N2CCNCC2)C1. The lowest BCUT2D eigenvalue weighted by Gasteiger charge is -2.32. The minimum absolute atomic E-state index is 0. The minimum atomic E-state index is 0. The van der Waals surface area contributed by atoms with Gasteiger partial charge in [0.25, 0.3) is 5.91 Å². The second-order valence-electron chi connectivity index (χ2n) is 7.04. The maximum atomic E-state index is 13.1. The first-order valence-corrected chi connectivity index (χ1v) is 9.69. The van der Waals surface area contributed by atoms with Crippen LogP contribution in [0, 0.1) is 0 Å². The number of nitrogens with one attached hydrogen (secondary N) is 1. The van der Waals surface area contributed by atoms with Crippen LogP contribution >= 0.6 is 24.0 Å². The topological polar surface area (TPSA) is 35.6 Å². The van der Waals surface area contributed by atoms with Crippen molar-refractivity contribution in [3.8, 4) is 11.1 Å². The van der Waals surface area contributed by atoms with Gasteiger partial charge in [0.15, 0.2) is 0 Å². The van der Waals surface area contributed by atoms with Crippen molar-refractivity contribution in [3.63, 3.8) is 0 Å². The zero-order chi connectivity index (χ0) is 17.9. The monoisotopic (exact) mass is 405 g/mol. The minimum Gasteiger partial charge on any atom is -0.337 e. The van der Waals surface area contributed by atoms with Crippen molar-refractivity contribution in [1.82, 2.24) is 15.1 Å². The molecule has 1 N–H and O–H groups in total. The Kier molecular flexibility index (Phi) is 6.77. The van der Waals surface area contributed by atoms with Crippen molar-refractivity contribution in [1.29, 1.82) is 0 Å². The Morgan fingerprint density at radius 3 is 2.48 bits per heavy atom. The molecule has 4 rings (SSSR count). The van der Waals surface area contributed by atoms with Crippen LogP contribution in [0.25, 0.3) is 11.1 Å². The molecule has 2 fully saturated rings. The number of hydrogen-bond donors (Lipinski definition) is 1.